The van der Waals surface area contributed by atoms with Crippen molar-refractivity contribution in [3.8, 4) is 0 Å². The van der Waals surface area contributed by atoms with Crippen LogP contribution in [0.1, 0.15) is 133 Å². The zero-order valence-corrected chi connectivity index (χ0v) is 32.3. The fraction of sp³-hybridized carbons (Fsp3) is 0.579. The first-order valence-corrected chi connectivity index (χ1v) is 23.2. The third-order valence-electron chi connectivity index (χ3n) is 10.3. The number of allylic oxidation sites excluding steroid dienone is 2. The first-order chi connectivity index (χ1) is 20.3. The molecule has 0 spiro atoms. The van der Waals surface area contributed by atoms with E-state index in [-0.39, 0.29) is 40.7 Å². The smallest absolute Gasteiger partial charge is 1.00 e. The number of benzene rings is 2. The van der Waals surface area contributed by atoms with Crippen molar-refractivity contribution < 1.29 is 48.0 Å². The number of hydrogen-bond acceptors (Lipinski definition) is 0. The summed E-state index contributed by atoms with van der Waals surface area (Å²) < 4.78 is 1.57. The predicted octanol–water partition coefficient (Wildman–Crippen LogP) is 6.50. The molecule has 6 rings (SSSR count). The maximum absolute atomic E-state index is 2.80. The minimum absolute atomic E-state index is 0. The summed E-state index contributed by atoms with van der Waals surface area (Å²) in [6.45, 7) is 4.79. The second-order valence-electron chi connectivity index (χ2n) is 13.1. The SMILES string of the molecule is CCCCP(CCCC)C1=Cc2ccccc2[CH]1[Zr+2][CH]1C(P(C2CCCCC2)C2CCCCC2)=Cc2ccccc21.[Cl-].[Cl-]. The number of unbranched alkanes of at least 4 members (excludes halogenated alkanes) is 2. The van der Waals surface area contributed by atoms with Crippen LogP contribution in [0.15, 0.2) is 59.2 Å². The Morgan fingerprint density at radius 1 is 0.605 bits per heavy atom. The molecule has 2 atom stereocenters. The van der Waals surface area contributed by atoms with Gasteiger partial charge in [-0.25, -0.2) is 0 Å². The van der Waals surface area contributed by atoms with E-state index in [0.717, 1.165) is 18.6 Å². The zero-order chi connectivity index (χ0) is 28.0. The van der Waals surface area contributed by atoms with E-state index in [2.05, 4.69) is 74.5 Å². The standard InChI is InChI=1S/C21H28P.C17H24P.2ClH.Zr/c1-3-11-19(12-4-1)22(20-13-5-2-6-14-20)21-15-17-9-7-8-10-18(17)16-21;1-3-5-11-18(12-6-4-2)17-13-15-9-7-8-10-16(15)14-17;;;/h7-10,15-16,19-20H,1-6,11-14H2;7-10,13-14H,3-6,11-12H2,1-2H3;2*1H;/q;;;;+2/p-2. The molecule has 2 unspecified atom stereocenters. The Balaban J connectivity index is 0.00000212. The van der Waals surface area contributed by atoms with E-state index in [0.29, 0.717) is 0 Å². The van der Waals surface area contributed by atoms with Gasteiger partial charge in [0.05, 0.1) is 0 Å². The molecule has 0 aromatic heterocycles. The van der Waals surface area contributed by atoms with Crippen molar-refractivity contribution in [1.29, 1.82) is 0 Å². The Kier molecular flexibility index (Phi) is 15.1. The molecule has 0 heterocycles. The molecule has 0 nitrogen and oxygen atoms in total. The molecule has 4 aliphatic rings. The van der Waals surface area contributed by atoms with Gasteiger partial charge >= 0.3 is 267 Å². The summed E-state index contributed by atoms with van der Waals surface area (Å²) in [5, 5.41) is 3.93. The van der Waals surface area contributed by atoms with Gasteiger partial charge in [-0.15, -0.1) is 0 Å². The van der Waals surface area contributed by atoms with Gasteiger partial charge in [0.2, 0.25) is 0 Å². The van der Waals surface area contributed by atoms with E-state index >= 15 is 0 Å². The second kappa shape index (κ2) is 18.0. The molecule has 0 saturated heterocycles. The minimum Gasteiger partial charge on any atom is -1.00 e. The first kappa shape index (κ1) is 36.1. The van der Waals surface area contributed by atoms with Crippen LogP contribution in [0, 0.1) is 0 Å². The van der Waals surface area contributed by atoms with Crippen LogP contribution >= 0.6 is 15.8 Å². The number of fused-ring (bicyclic) bond motifs is 2. The van der Waals surface area contributed by atoms with Crippen molar-refractivity contribution in [2.75, 3.05) is 12.3 Å². The van der Waals surface area contributed by atoms with Crippen molar-refractivity contribution in [2.24, 2.45) is 0 Å². The van der Waals surface area contributed by atoms with Gasteiger partial charge in [0.15, 0.2) is 0 Å². The van der Waals surface area contributed by atoms with Crippen LogP contribution < -0.4 is 24.8 Å². The fourth-order valence-electron chi connectivity index (χ4n) is 8.14. The van der Waals surface area contributed by atoms with E-state index in [1.54, 1.807) is 22.3 Å². The molecular formula is C38H52Cl2P2Zr. The summed E-state index contributed by atoms with van der Waals surface area (Å²) in [5.41, 5.74) is 8.64. The molecule has 0 radical (unpaired) electrons. The Labute approximate surface area is 290 Å². The Morgan fingerprint density at radius 2 is 1.05 bits per heavy atom. The van der Waals surface area contributed by atoms with E-state index in [1.807, 2.05) is 10.6 Å². The van der Waals surface area contributed by atoms with Crippen molar-refractivity contribution in [3.05, 3.63) is 81.4 Å². The Hall–Kier alpha value is 0.243. The molecule has 232 valence electrons. The van der Waals surface area contributed by atoms with Crippen LogP contribution in [0.4, 0.5) is 0 Å². The average Bonchev–Trinajstić information content (AvgIpc) is 3.57. The van der Waals surface area contributed by atoms with Crippen molar-refractivity contribution >= 4 is 28.0 Å². The summed E-state index contributed by atoms with van der Waals surface area (Å²) >= 11 is -0.850. The third kappa shape index (κ3) is 8.40. The molecule has 4 aliphatic carbocycles. The average molecular weight is 733 g/mol. The number of rotatable bonds is 12. The van der Waals surface area contributed by atoms with Gasteiger partial charge in [-0.3, -0.25) is 0 Å². The first-order valence-electron chi connectivity index (χ1n) is 17.2. The molecule has 43 heavy (non-hydrogen) atoms. The Morgan fingerprint density at radius 3 is 1.53 bits per heavy atom. The van der Waals surface area contributed by atoms with Crippen LogP contribution in [0.25, 0.3) is 12.2 Å². The molecular weight excluding hydrogens is 680 g/mol. The Bertz CT molecular complexity index is 1190. The monoisotopic (exact) mass is 730 g/mol. The van der Waals surface area contributed by atoms with Crippen LogP contribution in [-0.2, 0) is 23.2 Å². The number of halogens is 2. The molecule has 2 aromatic carbocycles. The summed E-state index contributed by atoms with van der Waals surface area (Å²) in [6.07, 6.45) is 28.9. The van der Waals surface area contributed by atoms with Gasteiger partial charge < -0.3 is 24.8 Å². The van der Waals surface area contributed by atoms with Gasteiger partial charge in [-0.1, -0.05) is 0 Å². The van der Waals surface area contributed by atoms with Gasteiger partial charge in [-0.05, 0) is 0 Å². The van der Waals surface area contributed by atoms with Gasteiger partial charge in [0, 0.05) is 0 Å². The molecule has 0 aliphatic heterocycles. The van der Waals surface area contributed by atoms with Crippen molar-refractivity contribution in [3.63, 3.8) is 0 Å². The molecule has 0 amide bonds. The van der Waals surface area contributed by atoms with Gasteiger partial charge in [-0.2, -0.15) is 0 Å². The zero-order valence-electron chi connectivity index (χ0n) is 26.5. The van der Waals surface area contributed by atoms with Crippen LogP contribution in [0.2, 0.25) is 0 Å². The fourth-order valence-corrected chi connectivity index (χ4v) is 22.7. The normalized spacial score (nSPS) is 21.9. The quantitative estimate of drug-likeness (QED) is 0.219. The molecule has 2 fully saturated rings. The summed E-state index contributed by atoms with van der Waals surface area (Å²) in [4.78, 5) is 0. The van der Waals surface area contributed by atoms with Gasteiger partial charge in [0.1, 0.15) is 0 Å². The molecule has 2 saturated carbocycles. The van der Waals surface area contributed by atoms with E-state index in [9.17, 15) is 0 Å². The molecule has 0 N–H and O–H groups in total. The minimum atomic E-state index is -0.850. The van der Waals surface area contributed by atoms with Crippen LogP contribution in [-0.4, -0.2) is 23.6 Å². The maximum atomic E-state index is 2.80. The summed E-state index contributed by atoms with van der Waals surface area (Å²) in [6, 6.07) is 19.3. The number of hydrogen-bond donors (Lipinski definition) is 0. The molecule has 2 aromatic rings. The molecule has 5 heteroatoms. The van der Waals surface area contributed by atoms with E-state index in [1.165, 1.54) is 102 Å². The van der Waals surface area contributed by atoms with Crippen molar-refractivity contribution in [2.45, 2.75) is 122 Å². The van der Waals surface area contributed by atoms with E-state index < -0.39 is 23.2 Å². The second-order valence-corrected chi connectivity index (χ2v) is 22.1. The van der Waals surface area contributed by atoms with Crippen LogP contribution in [0.3, 0.4) is 0 Å². The van der Waals surface area contributed by atoms with Gasteiger partial charge in [0.25, 0.3) is 0 Å². The molecule has 0 bridgehead atoms. The maximum Gasteiger partial charge on any atom is -1.00 e. The topological polar surface area (TPSA) is 0 Å². The summed E-state index contributed by atoms with van der Waals surface area (Å²) in [7, 11) is -0.0413. The summed E-state index contributed by atoms with van der Waals surface area (Å²) in [5.74, 6) is 0. The van der Waals surface area contributed by atoms with E-state index in [4.69, 9.17) is 0 Å². The largest absolute Gasteiger partial charge is 1.00 e. The van der Waals surface area contributed by atoms with Crippen molar-refractivity contribution in [1.82, 2.24) is 0 Å². The predicted molar refractivity (Wildman–Crippen MR) is 181 cm³/mol. The van der Waals surface area contributed by atoms with Crippen LogP contribution in [0.5, 0.6) is 0 Å². The third-order valence-corrected chi connectivity index (χ3v) is 22.6.